The zero-order valence-corrected chi connectivity index (χ0v) is 19.9. The van der Waals surface area contributed by atoms with Crippen LogP contribution in [0.5, 0.6) is 11.5 Å². The van der Waals surface area contributed by atoms with Crippen molar-refractivity contribution < 1.29 is 23.1 Å². The van der Waals surface area contributed by atoms with E-state index in [1.54, 1.807) is 26.4 Å². The summed E-state index contributed by atoms with van der Waals surface area (Å²) in [4.78, 5) is 21.9. The number of ether oxygens (including phenoxy) is 2. The number of nitriles is 1. The van der Waals surface area contributed by atoms with Gasteiger partial charge in [-0.3, -0.25) is 4.79 Å². The van der Waals surface area contributed by atoms with Gasteiger partial charge in [0.15, 0.2) is 5.76 Å². The Morgan fingerprint density at radius 1 is 1.14 bits per heavy atom. The lowest BCUT2D eigenvalue weighted by molar-refractivity contribution is -0.137. The van der Waals surface area contributed by atoms with Gasteiger partial charge in [-0.05, 0) is 56.0 Å². The Bertz CT molecular complexity index is 1220. The molecule has 9 heteroatoms. The quantitative estimate of drug-likeness (QED) is 0.515. The van der Waals surface area contributed by atoms with Gasteiger partial charge in [0.2, 0.25) is 17.5 Å². The number of hydrogen-bond donors (Lipinski definition) is 0. The van der Waals surface area contributed by atoms with Crippen LogP contribution in [-0.4, -0.2) is 49.6 Å². The Kier molecular flexibility index (Phi) is 6.36. The number of piperidine rings is 1. The van der Waals surface area contributed by atoms with E-state index in [9.17, 15) is 10.1 Å². The third-order valence-electron chi connectivity index (χ3n) is 6.91. The van der Waals surface area contributed by atoms with Crippen LogP contribution in [0.2, 0.25) is 0 Å². The number of oxazole rings is 1. The Balaban J connectivity index is 1.29. The molecule has 2 aliphatic rings. The average Bonchev–Trinajstić information content (AvgIpc) is 3.68. The molecule has 1 aromatic carbocycles. The number of amides is 1. The number of carbonyl (C=O) groups excluding carboxylic acids is 1. The van der Waals surface area contributed by atoms with Crippen LogP contribution in [-0.2, 0) is 4.79 Å². The van der Waals surface area contributed by atoms with Gasteiger partial charge in [0.05, 0.1) is 26.5 Å². The molecule has 1 unspecified atom stereocenters. The maximum absolute atomic E-state index is 13.6. The second-order valence-electron chi connectivity index (χ2n) is 8.82. The van der Waals surface area contributed by atoms with E-state index in [1.165, 1.54) is 6.26 Å². The highest BCUT2D eigenvalue weighted by molar-refractivity contribution is 5.80. The SMILES string of the molecule is COc1ccc(OC)c(C2CCCN2C(=O)C2CCN(c3oc(-c4ccco4)nc3C#N)CC2)c1. The molecule has 1 atom stereocenters. The highest BCUT2D eigenvalue weighted by Gasteiger charge is 2.37. The minimum Gasteiger partial charge on any atom is -0.497 e. The Morgan fingerprint density at radius 3 is 2.66 bits per heavy atom. The van der Waals surface area contributed by atoms with E-state index in [2.05, 4.69) is 11.1 Å². The first kappa shape index (κ1) is 22.8. The lowest BCUT2D eigenvalue weighted by Gasteiger charge is -2.35. The number of furan rings is 1. The molecule has 0 spiro atoms. The van der Waals surface area contributed by atoms with Gasteiger partial charge < -0.3 is 28.1 Å². The highest BCUT2D eigenvalue weighted by atomic mass is 16.5. The Hall–Kier alpha value is -3.93. The summed E-state index contributed by atoms with van der Waals surface area (Å²) in [5.74, 6) is 2.81. The molecule has 3 aromatic rings. The summed E-state index contributed by atoms with van der Waals surface area (Å²) in [6.45, 7) is 1.95. The van der Waals surface area contributed by atoms with Crippen molar-refractivity contribution in [2.45, 2.75) is 31.7 Å². The summed E-state index contributed by atoms with van der Waals surface area (Å²) in [5, 5.41) is 9.55. The second-order valence-corrected chi connectivity index (χ2v) is 8.82. The number of likely N-dealkylation sites (tertiary alicyclic amines) is 1. The average molecular weight is 477 g/mol. The van der Waals surface area contributed by atoms with Crippen molar-refractivity contribution >= 4 is 11.8 Å². The molecule has 0 radical (unpaired) electrons. The number of anilines is 1. The summed E-state index contributed by atoms with van der Waals surface area (Å²) in [7, 11) is 3.29. The van der Waals surface area contributed by atoms with Gasteiger partial charge in [-0.2, -0.15) is 10.2 Å². The molecule has 5 rings (SSSR count). The van der Waals surface area contributed by atoms with Crippen LogP contribution in [0.1, 0.15) is 43.0 Å². The van der Waals surface area contributed by atoms with Gasteiger partial charge in [0, 0.05) is 31.1 Å². The van der Waals surface area contributed by atoms with Crippen LogP contribution in [0.3, 0.4) is 0 Å². The number of hydrogen-bond acceptors (Lipinski definition) is 8. The summed E-state index contributed by atoms with van der Waals surface area (Å²) in [5.41, 5.74) is 1.21. The number of carbonyl (C=O) groups is 1. The van der Waals surface area contributed by atoms with E-state index in [1.807, 2.05) is 28.0 Å². The van der Waals surface area contributed by atoms with E-state index in [0.717, 1.165) is 36.4 Å². The molecular weight excluding hydrogens is 448 g/mol. The lowest BCUT2D eigenvalue weighted by Crippen LogP contribution is -2.42. The van der Waals surface area contributed by atoms with Gasteiger partial charge in [-0.1, -0.05) is 0 Å². The molecule has 2 saturated heterocycles. The van der Waals surface area contributed by atoms with Crippen LogP contribution in [0.4, 0.5) is 5.88 Å². The molecule has 9 nitrogen and oxygen atoms in total. The number of aromatic nitrogens is 1. The van der Waals surface area contributed by atoms with Gasteiger partial charge in [-0.15, -0.1) is 0 Å². The normalized spacial score (nSPS) is 18.5. The van der Waals surface area contributed by atoms with Crippen LogP contribution >= 0.6 is 0 Å². The fraction of sp³-hybridized carbons (Fsp3) is 0.423. The minimum absolute atomic E-state index is 0.0269. The van der Waals surface area contributed by atoms with Crippen molar-refractivity contribution in [2.24, 2.45) is 5.92 Å². The molecule has 0 saturated carbocycles. The maximum atomic E-state index is 13.6. The maximum Gasteiger partial charge on any atom is 0.266 e. The van der Waals surface area contributed by atoms with Crippen LogP contribution in [0.25, 0.3) is 11.7 Å². The number of rotatable bonds is 6. The third-order valence-corrected chi connectivity index (χ3v) is 6.91. The molecular formula is C26H28N4O5. The molecule has 4 heterocycles. The topological polar surface area (TPSA) is 105 Å². The number of nitrogens with zero attached hydrogens (tertiary/aromatic N) is 4. The van der Waals surface area contributed by atoms with Crippen molar-refractivity contribution in [3.8, 4) is 29.2 Å². The van der Waals surface area contributed by atoms with Crippen molar-refractivity contribution in [1.82, 2.24) is 9.88 Å². The van der Waals surface area contributed by atoms with Crippen LogP contribution in [0, 0.1) is 17.2 Å². The molecule has 0 bridgehead atoms. The molecule has 2 aromatic heterocycles. The monoisotopic (exact) mass is 476 g/mol. The summed E-state index contributed by atoms with van der Waals surface area (Å²) >= 11 is 0. The highest BCUT2D eigenvalue weighted by Crippen LogP contribution is 2.40. The Morgan fingerprint density at radius 2 is 1.97 bits per heavy atom. The largest absolute Gasteiger partial charge is 0.497 e. The predicted molar refractivity (Wildman–Crippen MR) is 127 cm³/mol. The number of benzene rings is 1. The molecule has 2 fully saturated rings. The van der Waals surface area contributed by atoms with Crippen molar-refractivity contribution in [1.29, 1.82) is 5.26 Å². The van der Waals surface area contributed by atoms with Crippen LogP contribution in [0.15, 0.2) is 45.4 Å². The Labute approximate surface area is 203 Å². The lowest BCUT2D eigenvalue weighted by atomic mass is 9.94. The summed E-state index contributed by atoms with van der Waals surface area (Å²) in [6, 6.07) is 11.3. The summed E-state index contributed by atoms with van der Waals surface area (Å²) in [6.07, 6.45) is 4.75. The van der Waals surface area contributed by atoms with Crippen molar-refractivity contribution in [3.63, 3.8) is 0 Å². The molecule has 35 heavy (non-hydrogen) atoms. The van der Waals surface area contributed by atoms with E-state index in [4.69, 9.17) is 18.3 Å². The first-order valence-corrected chi connectivity index (χ1v) is 11.8. The second kappa shape index (κ2) is 9.74. The van der Waals surface area contributed by atoms with E-state index >= 15 is 0 Å². The first-order valence-electron chi connectivity index (χ1n) is 11.8. The van der Waals surface area contributed by atoms with Gasteiger partial charge in [-0.25, -0.2) is 0 Å². The molecule has 182 valence electrons. The van der Waals surface area contributed by atoms with Gasteiger partial charge in [0.25, 0.3) is 5.89 Å². The molecule has 2 aliphatic heterocycles. The molecule has 1 amide bonds. The summed E-state index contributed by atoms with van der Waals surface area (Å²) < 4.78 is 22.2. The fourth-order valence-electron chi connectivity index (χ4n) is 5.12. The van der Waals surface area contributed by atoms with E-state index in [0.29, 0.717) is 37.6 Å². The zero-order chi connectivity index (χ0) is 24.4. The first-order chi connectivity index (χ1) is 17.1. The minimum atomic E-state index is -0.0820. The van der Waals surface area contributed by atoms with Gasteiger partial charge in [0.1, 0.15) is 17.6 Å². The van der Waals surface area contributed by atoms with E-state index in [-0.39, 0.29) is 29.5 Å². The molecule has 0 N–H and O–H groups in total. The van der Waals surface area contributed by atoms with Gasteiger partial charge >= 0.3 is 0 Å². The zero-order valence-electron chi connectivity index (χ0n) is 19.9. The fourth-order valence-corrected chi connectivity index (χ4v) is 5.12. The third kappa shape index (κ3) is 4.32. The predicted octanol–water partition coefficient (Wildman–Crippen LogP) is 4.40. The van der Waals surface area contributed by atoms with E-state index < -0.39 is 0 Å². The van der Waals surface area contributed by atoms with Crippen molar-refractivity contribution in [3.05, 3.63) is 47.9 Å². The number of methoxy groups -OCH3 is 2. The van der Waals surface area contributed by atoms with Crippen LogP contribution < -0.4 is 14.4 Å². The standard InChI is InChI=1S/C26H28N4O5/c1-32-18-7-8-22(33-2)19(15-18)21-5-3-11-30(21)25(31)17-9-12-29(13-10-17)26-20(16-27)28-24(35-26)23-6-4-14-34-23/h4,6-8,14-15,17,21H,3,5,9-13H2,1-2H3. The van der Waals surface area contributed by atoms with Crippen molar-refractivity contribution in [2.75, 3.05) is 38.8 Å². The smallest absolute Gasteiger partial charge is 0.266 e. The molecule has 0 aliphatic carbocycles.